The largest absolute Gasteiger partial charge is 0.224 e. The molecule has 110 valence electrons. The zero-order chi connectivity index (χ0) is 15.0. The highest BCUT2D eigenvalue weighted by atomic mass is 32.2. The van der Waals surface area contributed by atoms with Crippen LogP contribution in [0.4, 0.5) is 0 Å². The van der Waals surface area contributed by atoms with Gasteiger partial charge < -0.3 is 0 Å². The maximum Gasteiger partial charge on any atom is 0.175 e. The van der Waals surface area contributed by atoms with Crippen LogP contribution in [0, 0.1) is 6.92 Å². The summed E-state index contributed by atoms with van der Waals surface area (Å²) in [5.41, 5.74) is 5.26. The number of aryl methyl sites for hydroxylation is 1. The molecular weight excluding hydrogens is 300 g/mol. The topological polar surface area (TPSA) is 34.1 Å². The fourth-order valence-electron chi connectivity index (χ4n) is 2.83. The summed E-state index contributed by atoms with van der Waals surface area (Å²) in [5.74, 6) is 0. The summed E-state index contributed by atoms with van der Waals surface area (Å²) in [6, 6.07) is 9.56. The molecule has 4 heteroatoms. The number of rotatable bonds is 3. The second kappa shape index (κ2) is 5.43. The number of hydrogen-bond acceptors (Lipinski definition) is 3. The molecule has 0 unspecified atom stereocenters. The Morgan fingerprint density at radius 2 is 1.71 bits per heavy atom. The zero-order valence-electron chi connectivity index (χ0n) is 12.2. The molecule has 0 saturated carbocycles. The maximum atomic E-state index is 11.5. The Bertz CT molecular complexity index is 794. The lowest BCUT2D eigenvalue weighted by Crippen LogP contribution is -1.96. The predicted octanol–water partition coefficient (Wildman–Crippen LogP) is 4.55. The van der Waals surface area contributed by atoms with E-state index < -0.39 is 9.84 Å². The normalized spacial score (nSPS) is 15.7. The molecule has 0 amide bonds. The highest BCUT2D eigenvalue weighted by molar-refractivity contribution is 7.90. The summed E-state index contributed by atoms with van der Waals surface area (Å²) in [6.07, 6.45) is 4.61. The summed E-state index contributed by atoms with van der Waals surface area (Å²) in [4.78, 5) is 1.74. The quantitative estimate of drug-likeness (QED) is 0.831. The van der Waals surface area contributed by atoms with Crippen LogP contribution in [0.5, 0.6) is 0 Å². The van der Waals surface area contributed by atoms with Crippen molar-refractivity contribution in [1.82, 2.24) is 0 Å². The number of sulfone groups is 1. The van der Waals surface area contributed by atoms with E-state index in [1.54, 1.807) is 23.5 Å². The molecule has 1 aliphatic carbocycles. The zero-order valence-corrected chi connectivity index (χ0v) is 13.9. The van der Waals surface area contributed by atoms with E-state index in [9.17, 15) is 8.42 Å². The van der Waals surface area contributed by atoms with Crippen molar-refractivity contribution in [3.05, 3.63) is 51.7 Å². The van der Waals surface area contributed by atoms with Crippen LogP contribution in [0.1, 0.15) is 35.3 Å². The van der Waals surface area contributed by atoms with Gasteiger partial charge in [-0.2, -0.15) is 0 Å². The van der Waals surface area contributed by atoms with Crippen molar-refractivity contribution in [3.63, 3.8) is 0 Å². The molecule has 0 spiro atoms. The van der Waals surface area contributed by atoms with Crippen LogP contribution in [0.25, 0.3) is 11.1 Å². The van der Waals surface area contributed by atoms with E-state index >= 15 is 0 Å². The van der Waals surface area contributed by atoms with Gasteiger partial charge in [-0.1, -0.05) is 12.1 Å². The van der Waals surface area contributed by atoms with Crippen LogP contribution in [0.3, 0.4) is 0 Å². The summed E-state index contributed by atoms with van der Waals surface area (Å²) in [6.45, 7) is 2.12. The van der Waals surface area contributed by atoms with Crippen molar-refractivity contribution in [1.29, 1.82) is 0 Å². The summed E-state index contributed by atoms with van der Waals surface area (Å²) >= 11 is 1.80. The Kier molecular flexibility index (Phi) is 3.76. The molecule has 1 aliphatic rings. The molecular formula is C17H18O2S2. The Morgan fingerprint density at radius 3 is 2.29 bits per heavy atom. The molecule has 0 fully saturated rings. The second-order valence-corrected chi connectivity index (χ2v) is 8.52. The van der Waals surface area contributed by atoms with Gasteiger partial charge in [0.1, 0.15) is 0 Å². The summed E-state index contributed by atoms with van der Waals surface area (Å²) in [7, 11) is -3.12. The highest BCUT2D eigenvalue weighted by Crippen LogP contribution is 2.41. The summed E-state index contributed by atoms with van der Waals surface area (Å²) < 4.78 is 23.1. The third-order valence-electron chi connectivity index (χ3n) is 3.88. The third-order valence-corrected chi connectivity index (χ3v) is 6.11. The maximum absolute atomic E-state index is 11.5. The minimum absolute atomic E-state index is 0.387. The lowest BCUT2D eigenvalue weighted by Gasteiger charge is -2.07. The first-order valence-corrected chi connectivity index (χ1v) is 9.80. The van der Waals surface area contributed by atoms with Crippen LogP contribution in [-0.2, 0) is 9.84 Å². The first-order valence-electron chi connectivity index (χ1n) is 7.03. The first kappa shape index (κ1) is 14.5. The van der Waals surface area contributed by atoms with Gasteiger partial charge in [-0.3, -0.25) is 0 Å². The number of hydrogen-bond donors (Lipinski definition) is 0. The predicted molar refractivity (Wildman–Crippen MR) is 89.3 cm³/mol. The highest BCUT2D eigenvalue weighted by Gasteiger charge is 2.19. The molecule has 0 atom stereocenters. The van der Waals surface area contributed by atoms with Crippen LogP contribution in [-0.4, -0.2) is 14.7 Å². The molecule has 0 radical (unpaired) electrons. The van der Waals surface area contributed by atoms with Crippen LogP contribution in [0.2, 0.25) is 0 Å². The van der Waals surface area contributed by atoms with Crippen LogP contribution < -0.4 is 0 Å². The Labute approximate surface area is 130 Å². The molecule has 3 rings (SSSR count). The smallest absolute Gasteiger partial charge is 0.175 e. The minimum atomic E-state index is -3.12. The monoisotopic (exact) mass is 318 g/mol. The molecule has 2 aromatic rings. The molecule has 21 heavy (non-hydrogen) atoms. The van der Waals surface area contributed by atoms with E-state index in [0.29, 0.717) is 4.90 Å². The standard InChI is InChI=1S/C17H18O2S2/c1-12-10-17(20-11-12)16-5-3-4-15(16)13-6-8-14(9-7-13)21(2,18)19/h6-11H,3-5H2,1-2H3. The van der Waals surface area contributed by atoms with E-state index in [-0.39, 0.29) is 0 Å². The molecule has 2 nitrogen and oxygen atoms in total. The molecule has 0 saturated heterocycles. The van der Waals surface area contributed by atoms with E-state index in [0.717, 1.165) is 18.4 Å². The Morgan fingerprint density at radius 1 is 1.05 bits per heavy atom. The van der Waals surface area contributed by atoms with Crippen molar-refractivity contribution in [3.8, 4) is 0 Å². The average Bonchev–Trinajstić information content (AvgIpc) is 3.06. The van der Waals surface area contributed by atoms with Crippen molar-refractivity contribution in [2.75, 3.05) is 6.26 Å². The van der Waals surface area contributed by atoms with Crippen LogP contribution >= 0.6 is 11.3 Å². The average molecular weight is 318 g/mol. The van der Waals surface area contributed by atoms with Gasteiger partial charge in [0.05, 0.1) is 4.90 Å². The number of allylic oxidation sites excluding steroid dienone is 2. The van der Waals surface area contributed by atoms with Gasteiger partial charge in [-0.05, 0) is 72.0 Å². The van der Waals surface area contributed by atoms with Crippen molar-refractivity contribution >= 4 is 32.3 Å². The van der Waals surface area contributed by atoms with Gasteiger partial charge in [0.15, 0.2) is 9.84 Å². The Hall–Kier alpha value is -1.39. The van der Waals surface area contributed by atoms with E-state index in [4.69, 9.17) is 0 Å². The molecule has 1 aromatic heterocycles. The van der Waals surface area contributed by atoms with E-state index in [2.05, 4.69) is 18.4 Å². The molecule has 1 aromatic carbocycles. The number of thiophene rings is 1. The van der Waals surface area contributed by atoms with Gasteiger partial charge in [-0.15, -0.1) is 11.3 Å². The second-order valence-electron chi connectivity index (χ2n) is 5.60. The van der Waals surface area contributed by atoms with Gasteiger partial charge in [0.2, 0.25) is 0 Å². The lowest BCUT2D eigenvalue weighted by atomic mass is 10.0. The van der Waals surface area contributed by atoms with Gasteiger partial charge in [-0.25, -0.2) is 8.42 Å². The molecule has 0 aliphatic heterocycles. The van der Waals surface area contributed by atoms with E-state index in [1.165, 1.54) is 34.3 Å². The van der Waals surface area contributed by atoms with E-state index in [1.807, 2.05) is 12.1 Å². The van der Waals surface area contributed by atoms with Gasteiger partial charge >= 0.3 is 0 Å². The molecule has 0 bridgehead atoms. The first-order chi connectivity index (χ1) is 9.95. The Balaban J connectivity index is 2.02. The minimum Gasteiger partial charge on any atom is -0.224 e. The van der Waals surface area contributed by atoms with Crippen molar-refractivity contribution in [2.24, 2.45) is 0 Å². The summed E-state index contributed by atoms with van der Waals surface area (Å²) in [5, 5.41) is 2.19. The lowest BCUT2D eigenvalue weighted by molar-refractivity contribution is 0.602. The molecule has 1 heterocycles. The van der Waals surface area contributed by atoms with Crippen molar-refractivity contribution < 1.29 is 8.42 Å². The molecule has 0 N–H and O–H groups in total. The van der Waals surface area contributed by atoms with Gasteiger partial charge in [0.25, 0.3) is 0 Å². The van der Waals surface area contributed by atoms with Crippen molar-refractivity contribution in [2.45, 2.75) is 31.1 Å². The SMILES string of the molecule is Cc1csc(C2=C(c3ccc(S(C)(=O)=O)cc3)CCC2)c1. The van der Waals surface area contributed by atoms with Gasteiger partial charge in [0, 0.05) is 11.1 Å². The number of benzene rings is 1. The fraction of sp³-hybridized carbons (Fsp3) is 0.294. The third kappa shape index (κ3) is 2.97. The van der Waals surface area contributed by atoms with Crippen LogP contribution in [0.15, 0.2) is 40.6 Å². The fourth-order valence-corrected chi connectivity index (χ4v) is 4.46.